The minimum Gasteiger partial charge on any atom is -0.490 e. The van der Waals surface area contributed by atoms with E-state index >= 15 is 0 Å². The van der Waals surface area contributed by atoms with E-state index in [4.69, 9.17) is 17.0 Å². The van der Waals surface area contributed by atoms with Crippen LogP contribution in [0.4, 0.5) is 0 Å². The molecule has 1 N–H and O–H groups in total. The average molecular weight is 423 g/mol. The maximum Gasteiger partial charge on any atom is 0.173 e. The fourth-order valence-corrected chi connectivity index (χ4v) is 4.33. The van der Waals surface area contributed by atoms with Crippen LogP contribution < -0.4 is 10.1 Å². The Labute approximate surface area is 162 Å². The predicted molar refractivity (Wildman–Crippen MR) is 107 cm³/mol. The van der Waals surface area contributed by atoms with E-state index in [9.17, 15) is 4.79 Å². The van der Waals surface area contributed by atoms with Gasteiger partial charge in [0.05, 0.1) is 16.6 Å². The first-order valence-corrected chi connectivity index (χ1v) is 9.92. The molecule has 0 amide bonds. The lowest BCUT2D eigenvalue weighted by Crippen LogP contribution is -2.49. The number of Topliss-reactive ketones (excluding diaryl/α,β-unsaturated/α-hetero) is 1. The summed E-state index contributed by atoms with van der Waals surface area (Å²) in [6, 6.07) is 5.79. The fourth-order valence-electron chi connectivity index (χ4n) is 3.48. The predicted octanol–water partition coefficient (Wildman–Crippen LogP) is 4.49. The molecule has 4 nitrogen and oxygen atoms in total. The second-order valence-corrected chi connectivity index (χ2v) is 7.86. The second kappa shape index (κ2) is 7.46. The number of carbonyl (C=O) groups excluding carboxylic acids is 1. The molecule has 0 radical (unpaired) electrons. The van der Waals surface area contributed by atoms with Gasteiger partial charge < -0.3 is 15.0 Å². The van der Waals surface area contributed by atoms with E-state index < -0.39 is 0 Å². The standard InChI is InChI=1S/C19H23BrN2O2S/c1-4-22-14-6-5-7-15(23)17(14)18(21-19(22)25)12-8-9-16(13(20)10-12)24-11(2)3/h8-11,18H,4-7H2,1-3H3,(H,21,25). The lowest BCUT2D eigenvalue weighted by molar-refractivity contribution is -0.116. The smallest absolute Gasteiger partial charge is 0.173 e. The third-order valence-electron chi connectivity index (χ3n) is 4.52. The number of halogens is 1. The van der Waals surface area contributed by atoms with Crippen molar-refractivity contribution < 1.29 is 9.53 Å². The van der Waals surface area contributed by atoms with Gasteiger partial charge in [-0.15, -0.1) is 0 Å². The van der Waals surface area contributed by atoms with Gasteiger partial charge in [-0.3, -0.25) is 4.79 Å². The van der Waals surface area contributed by atoms with E-state index in [-0.39, 0.29) is 17.9 Å². The first kappa shape index (κ1) is 18.4. The molecule has 1 aliphatic heterocycles. The van der Waals surface area contributed by atoms with E-state index in [0.717, 1.165) is 46.4 Å². The fraction of sp³-hybridized carbons (Fsp3) is 0.474. The van der Waals surface area contributed by atoms with Crippen molar-refractivity contribution in [3.8, 4) is 5.75 Å². The summed E-state index contributed by atoms with van der Waals surface area (Å²) in [7, 11) is 0. The number of carbonyl (C=O) groups is 1. The van der Waals surface area contributed by atoms with E-state index in [2.05, 4.69) is 33.1 Å². The first-order valence-electron chi connectivity index (χ1n) is 8.72. The molecule has 0 saturated heterocycles. The van der Waals surface area contributed by atoms with Crippen molar-refractivity contribution in [1.29, 1.82) is 0 Å². The minimum atomic E-state index is -0.192. The highest BCUT2D eigenvalue weighted by atomic mass is 79.9. The molecule has 0 aromatic heterocycles. The Kier molecular flexibility index (Phi) is 5.49. The van der Waals surface area contributed by atoms with Crippen molar-refractivity contribution in [3.63, 3.8) is 0 Å². The number of ketones is 1. The highest BCUT2D eigenvalue weighted by molar-refractivity contribution is 9.10. The summed E-state index contributed by atoms with van der Waals surface area (Å²) in [4.78, 5) is 14.7. The van der Waals surface area contributed by atoms with Gasteiger partial charge in [0.1, 0.15) is 5.75 Å². The molecule has 1 aromatic carbocycles. The van der Waals surface area contributed by atoms with Crippen molar-refractivity contribution in [2.75, 3.05) is 6.54 Å². The van der Waals surface area contributed by atoms with Crippen LogP contribution >= 0.6 is 28.1 Å². The van der Waals surface area contributed by atoms with Crippen LogP contribution in [0.3, 0.4) is 0 Å². The van der Waals surface area contributed by atoms with Gasteiger partial charge in [-0.05, 0) is 79.5 Å². The molecule has 1 unspecified atom stereocenters. The van der Waals surface area contributed by atoms with Crippen molar-refractivity contribution in [2.45, 2.75) is 52.2 Å². The van der Waals surface area contributed by atoms with Gasteiger partial charge >= 0.3 is 0 Å². The van der Waals surface area contributed by atoms with E-state index in [0.29, 0.717) is 11.5 Å². The van der Waals surface area contributed by atoms with Crippen LogP contribution in [-0.4, -0.2) is 28.4 Å². The van der Waals surface area contributed by atoms with Gasteiger partial charge in [0.2, 0.25) is 0 Å². The molecular formula is C19H23BrN2O2S. The van der Waals surface area contributed by atoms with Crippen LogP contribution in [0.25, 0.3) is 0 Å². The Bertz CT molecular complexity index is 745. The lowest BCUT2D eigenvalue weighted by Gasteiger charge is -2.40. The van der Waals surface area contributed by atoms with Crippen molar-refractivity contribution >= 4 is 39.0 Å². The number of allylic oxidation sites excluding steroid dienone is 1. The number of hydrogen-bond acceptors (Lipinski definition) is 3. The van der Waals surface area contributed by atoms with Crippen LogP contribution in [0.5, 0.6) is 5.75 Å². The molecule has 0 spiro atoms. The Morgan fingerprint density at radius 3 is 2.80 bits per heavy atom. The van der Waals surface area contributed by atoms with Gasteiger partial charge in [-0.1, -0.05) is 6.07 Å². The molecule has 1 atom stereocenters. The van der Waals surface area contributed by atoms with Crippen LogP contribution in [0.1, 0.15) is 51.6 Å². The van der Waals surface area contributed by atoms with Gasteiger partial charge in [0.25, 0.3) is 0 Å². The molecule has 1 heterocycles. The monoisotopic (exact) mass is 422 g/mol. The maximum atomic E-state index is 12.7. The molecule has 0 saturated carbocycles. The Balaban J connectivity index is 2.02. The zero-order valence-corrected chi connectivity index (χ0v) is 17.2. The van der Waals surface area contributed by atoms with Gasteiger partial charge in [0.15, 0.2) is 10.9 Å². The molecule has 25 heavy (non-hydrogen) atoms. The third kappa shape index (κ3) is 3.60. The second-order valence-electron chi connectivity index (χ2n) is 6.62. The van der Waals surface area contributed by atoms with Crippen molar-refractivity contribution in [1.82, 2.24) is 10.2 Å². The Morgan fingerprint density at radius 1 is 1.40 bits per heavy atom. The summed E-state index contributed by atoms with van der Waals surface area (Å²) >= 11 is 9.15. The highest BCUT2D eigenvalue weighted by Crippen LogP contribution is 2.39. The molecule has 3 rings (SSSR count). The quantitative estimate of drug-likeness (QED) is 0.723. The maximum absolute atomic E-state index is 12.7. The molecule has 2 aliphatic rings. The van der Waals surface area contributed by atoms with E-state index in [1.165, 1.54) is 0 Å². The Morgan fingerprint density at radius 2 is 2.16 bits per heavy atom. The summed E-state index contributed by atoms with van der Waals surface area (Å²) in [5.74, 6) is 1.02. The summed E-state index contributed by atoms with van der Waals surface area (Å²) in [6.07, 6.45) is 2.52. The topological polar surface area (TPSA) is 41.6 Å². The number of thiocarbonyl (C=S) groups is 1. The largest absolute Gasteiger partial charge is 0.490 e. The molecule has 1 aliphatic carbocycles. The normalized spacial score (nSPS) is 20.7. The highest BCUT2D eigenvalue weighted by Gasteiger charge is 2.36. The number of benzene rings is 1. The van der Waals surface area contributed by atoms with Crippen molar-refractivity contribution in [3.05, 3.63) is 39.5 Å². The zero-order chi connectivity index (χ0) is 18.1. The summed E-state index contributed by atoms with van der Waals surface area (Å²) in [5, 5.41) is 4.06. The molecular weight excluding hydrogens is 400 g/mol. The molecule has 0 fully saturated rings. The number of nitrogens with one attached hydrogen (secondary N) is 1. The number of rotatable bonds is 4. The third-order valence-corrected chi connectivity index (χ3v) is 5.48. The zero-order valence-electron chi connectivity index (χ0n) is 14.8. The van der Waals surface area contributed by atoms with Gasteiger partial charge in [-0.2, -0.15) is 0 Å². The SMILES string of the molecule is CCN1C(=S)NC(c2ccc(OC(C)C)c(Br)c2)C2=C1CCCC2=O. The van der Waals surface area contributed by atoms with E-state index in [1.54, 1.807) is 0 Å². The van der Waals surface area contributed by atoms with Gasteiger partial charge in [0, 0.05) is 24.2 Å². The summed E-state index contributed by atoms with van der Waals surface area (Å²) in [5.41, 5.74) is 2.97. The first-order chi connectivity index (χ1) is 11.9. The number of ether oxygens (including phenoxy) is 1. The Hall–Kier alpha value is -1.40. The lowest BCUT2D eigenvalue weighted by atomic mass is 9.85. The molecule has 0 bridgehead atoms. The summed E-state index contributed by atoms with van der Waals surface area (Å²) in [6.45, 7) is 6.83. The molecule has 1 aromatic rings. The average Bonchev–Trinajstić information content (AvgIpc) is 2.56. The number of nitrogens with zero attached hydrogens (tertiary/aromatic N) is 1. The number of hydrogen-bond donors (Lipinski definition) is 1. The molecule has 6 heteroatoms. The summed E-state index contributed by atoms with van der Waals surface area (Å²) < 4.78 is 6.67. The van der Waals surface area contributed by atoms with Crippen LogP contribution in [-0.2, 0) is 4.79 Å². The van der Waals surface area contributed by atoms with Crippen molar-refractivity contribution in [2.24, 2.45) is 0 Å². The molecule has 134 valence electrons. The minimum absolute atomic E-state index is 0.106. The van der Waals surface area contributed by atoms with Gasteiger partial charge in [-0.25, -0.2) is 0 Å². The van der Waals surface area contributed by atoms with Crippen LogP contribution in [0.2, 0.25) is 0 Å². The van der Waals surface area contributed by atoms with Crippen LogP contribution in [0.15, 0.2) is 33.9 Å². The van der Waals surface area contributed by atoms with E-state index in [1.807, 2.05) is 32.0 Å². The van der Waals surface area contributed by atoms with Crippen LogP contribution in [0, 0.1) is 0 Å².